The van der Waals surface area contributed by atoms with Crippen molar-refractivity contribution in [2.45, 2.75) is 19.3 Å². The van der Waals surface area contributed by atoms with Crippen molar-refractivity contribution >= 4 is 5.71 Å². The van der Waals surface area contributed by atoms with E-state index in [4.69, 9.17) is 14.9 Å². The summed E-state index contributed by atoms with van der Waals surface area (Å²) in [5, 5.41) is 8.33. The van der Waals surface area contributed by atoms with Crippen LogP contribution in [-0.4, -0.2) is 5.71 Å². The third-order valence-corrected chi connectivity index (χ3v) is 6.77. The zero-order valence-corrected chi connectivity index (χ0v) is 18.6. The van der Waals surface area contributed by atoms with Gasteiger partial charge in [0.05, 0.1) is 5.71 Å². The molecule has 4 aromatic carbocycles. The fourth-order valence-electron chi connectivity index (χ4n) is 5.07. The molecule has 1 heterocycles. The van der Waals surface area contributed by atoms with Crippen LogP contribution in [0.4, 0.5) is 0 Å². The quantitative estimate of drug-likeness (QED) is 0.294. The molecule has 0 amide bonds. The molecule has 1 N–H and O–H groups in total. The summed E-state index contributed by atoms with van der Waals surface area (Å²) < 4.78 is 12.9. The van der Waals surface area contributed by atoms with Crippen molar-refractivity contribution in [3.05, 3.63) is 108 Å². The topological polar surface area (TPSA) is 42.3 Å². The lowest BCUT2D eigenvalue weighted by Gasteiger charge is -2.26. The van der Waals surface area contributed by atoms with Gasteiger partial charge in [0.25, 0.3) is 0 Å². The predicted molar refractivity (Wildman–Crippen MR) is 133 cm³/mol. The van der Waals surface area contributed by atoms with Gasteiger partial charge in [-0.25, -0.2) is 0 Å². The normalized spacial score (nSPS) is 14.1. The maximum atomic E-state index is 8.33. The molecular formula is C30H23NO2. The van der Waals surface area contributed by atoms with Crippen molar-refractivity contribution in [1.29, 1.82) is 5.41 Å². The number of benzene rings is 4. The van der Waals surface area contributed by atoms with Crippen molar-refractivity contribution in [1.82, 2.24) is 0 Å². The fraction of sp³-hybridized carbons (Fsp3) is 0.100. The van der Waals surface area contributed by atoms with E-state index in [2.05, 4.69) is 56.8 Å². The summed E-state index contributed by atoms with van der Waals surface area (Å²) in [6, 6.07) is 26.5. The van der Waals surface area contributed by atoms with E-state index < -0.39 is 0 Å². The number of fused-ring (bicyclic) bond motifs is 5. The molecule has 0 atom stereocenters. The highest BCUT2D eigenvalue weighted by Gasteiger charge is 2.37. The van der Waals surface area contributed by atoms with Crippen molar-refractivity contribution in [2.75, 3.05) is 0 Å². The van der Waals surface area contributed by atoms with Crippen LogP contribution in [0.1, 0.15) is 30.5 Å². The molecule has 0 spiro atoms. The van der Waals surface area contributed by atoms with Crippen molar-refractivity contribution in [2.24, 2.45) is 0 Å². The number of nitrogens with one attached hydrogen (secondary N) is 1. The fourth-order valence-corrected chi connectivity index (χ4v) is 5.07. The van der Waals surface area contributed by atoms with Crippen molar-refractivity contribution in [3.63, 3.8) is 0 Å². The Morgan fingerprint density at radius 2 is 1.42 bits per heavy atom. The van der Waals surface area contributed by atoms with Gasteiger partial charge in [-0.1, -0.05) is 81.1 Å². The van der Waals surface area contributed by atoms with Gasteiger partial charge in [-0.2, -0.15) is 0 Å². The molecule has 2 aliphatic rings. The largest absolute Gasteiger partial charge is 0.449 e. The molecule has 0 radical (unpaired) electrons. The van der Waals surface area contributed by atoms with E-state index in [1.165, 1.54) is 22.3 Å². The molecule has 0 bridgehead atoms. The summed E-state index contributed by atoms with van der Waals surface area (Å²) in [6.07, 6.45) is 1.56. The highest BCUT2D eigenvalue weighted by Crippen LogP contribution is 2.56. The summed E-state index contributed by atoms with van der Waals surface area (Å²) >= 11 is 0. The van der Waals surface area contributed by atoms with Gasteiger partial charge in [-0.15, -0.1) is 0 Å². The van der Waals surface area contributed by atoms with Crippen LogP contribution in [0.3, 0.4) is 0 Å². The maximum absolute atomic E-state index is 8.33. The van der Waals surface area contributed by atoms with Crippen molar-refractivity contribution < 1.29 is 9.47 Å². The summed E-state index contributed by atoms with van der Waals surface area (Å²) in [5.41, 5.74) is 7.88. The van der Waals surface area contributed by atoms with Gasteiger partial charge in [0.1, 0.15) is 0 Å². The molecule has 0 aromatic heterocycles. The molecule has 0 saturated carbocycles. The molecular weight excluding hydrogens is 406 g/mol. The third-order valence-electron chi connectivity index (χ3n) is 6.77. The number of hydrogen-bond donors (Lipinski definition) is 1. The van der Waals surface area contributed by atoms with Gasteiger partial charge < -0.3 is 14.9 Å². The molecule has 0 fully saturated rings. The molecule has 33 heavy (non-hydrogen) atoms. The number of hydrogen-bond acceptors (Lipinski definition) is 3. The van der Waals surface area contributed by atoms with Crippen LogP contribution in [0.15, 0.2) is 91.5 Å². The number of rotatable bonds is 3. The van der Waals surface area contributed by atoms with Crippen molar-refractivity contribution in [3.8, 4) is 45.3 Å². The minimum Gasteiger partial charge on any atom is -0.449 e. The molecule has 3 nitrogen and oxygen atoms in total. The van der Waals surface area contributed by atoms with E-state index >= 15 is 0 Å². The second kappa shape index (κ2) is 6.94. The minimum atomic E-state index is -0.101. The van der Waals surface area contributed by atoms with Gasteiger partial charge in [-0.3, -0.25) is 0 Å². The predicted octanol–water partition coefficient (Wildman–Crippen LogP) is 8.11. The molecule has 4 aromatic rings. The van der Waals surface area contributed by atoms with E-state index in [1.807, 2.05) is 42.5 Å². The average Bonchev–Trinajstić information content (AvgIpc) is 3.07. The van der Waals surface area contributed by atoms with Gasteiger partial charge in [0, 0.05) is 16.5 Å². The Morgan fingerprint density at radius 1 is 0.727 bits per heavy atom. The molecule has 0 saturated heterocycles. The summed E-state index contributed by atoms with van der Waals surface area (Å²) in [5.74, 6) is 2.77. The van der Waals surface area contributed by atoms with Gasteiger partial charge in [0.2, 0.25) is 0 Å². The van der Waals surface area contributed by atoms with Crippen LogP contribution in [0.25, 0.3) is 22.3 Å². The Hall–Kier alpha value is -4.11. The molecule has 1 aliphatic heterocycles. The average molecular weight is 430 g/mol. The highest BCUT2D eigenvalue weighted by atomic mass is 16.6. The first kappa shape index (κ1) is 19.6. The Bertz CT molecular complexity index is 1480. The lowest BCUT2D eigenvalue weighted by atomic mass is 9.82. The Balaban J connectivity index is 1.51. The second-order valence-electron chi connectivity index (χ2n) is 9.02. The smallest absolute Gasteiger partial charge is 0.177 e. The minimum absolute atomic E-state index is 0.101. The van der Waals surface area contributed by atoms with Crippen LogP contribution in [-0.2, 0) is 5.41 Å². The van der Waals surface area contributed by atoms with Crippen LogP contribution in [0.2, 0.25) is 0 Å². The SMILES string of the molecule is C=CC(=N)c1ccccc1-c1cccc2c1Oc1cc3c(cc1O2)C(C)(C)c1ccccc1-3. The van der Waals surface area contributed by atoms with Crippen LogP contribution in [0, 0.1) is 5.41 Å². The molecule has 0 unspecified atom stereocenters. The lowest BCUT2D eigenvalue weighted by molar-refractivity contribution is 0.360. The van der Waals surface area contributed by atoms with E-state index in [-0.39, 0.29) is 5.41 Å². The third kappa shape index (κ3) is 2.79. The number of allylic oxidation sites excluding steroid dienone is 1. The first-order valence-electron chi connectivity index (χ1n) is 11.1. The van der Waals surface area contributed by atoms with E-state index in [0.717, 1.165) is 22.4 Å². The number of para-hydroxylation sites is 1. The van der Waals surface area contributed by atoms with E-state index in [0.29, 0.717) is 23.0 Å². The maximum Gasteiger partial charge on any atom is 0.177 e. The van der Waals surface area contributed by atoms with Crippen LogP contribution >= 0.6 is 0 Å². The summed E-state index contributed by atoms with van der Waals surface area (Å²) in [6.45, 7) is 8.28. The Kier molecular flexibility index (Phi) is 4.12. The summed E-state index contributed by atoms with van der Waals surface area (Å²) in [7, 11) is 0. The standard InChI is InChI=1S/C30H23NO2/c1-4-25(31)20-12-6-5-10-18(20)21-13-9-15-26-29(21)33-27-16-22-19-11-7-8-14-23(19)30(2,3)24(22)17-28(27)32-26/h4-17,31H,1H2,2-3H3. The Labute approximate surface area is 193 Å². The van der Waals surface area contributed by atoms with E-state index in [9.17, 15) is 0 Å². The second-order valence-corrected chi connectivity index (χ2v) is 9.02. The molecule has 6 rings (SSSR count). The van der Waals surface area contributed by atoms with Gasteiger partial charge >= 0.3 is 0 Å². The first-order chi connectivity index (χ1) is 16.0. The summed E-state index contributed by atoms with van der Waals surface area (Å²) in [4.78, 5) is 0. The number of ether oxygens (including phenoxy) is 2. The van der Waals surface area contributed by atoms with E-state index in [1.54, 1.807) is 6.08 Å². The molecule has 3 heteroatoms. The zero-order chi connectivity index (χ0) is 22.7. The monoisotopic (exact) mass is 429 g/mol. The highest BCUT2D eigenvalue weighted by molar-refractivity contribution is 6.11. The molecule has 160 valence electrons. The van der Waals surface area contributed by atoms with Gasteiger partial charge in [0.15, 0.2) is 23.0 Å². The zero-order valence-electron chi connectivity index (χ0n) is 18.6. The molecule has 1 aliphatic carbocycles. The van der Waals surface area contributed by atoms with Crippen LogP contribution in [0.5, 0.6) is 23.0 Å². The Morgan fingerprint density at radius 3 is 2.24 bits per heavy atom. The van der Waals surface area contributed by atoms with Gasteiger partial charge in [-0.05, 0) is 52.1 Å². The lowest BCUT2D eigenvalue weighted by Crippen LogP contribution is -2.15. The first-order valence-corrected chi connectivity index (χ1v) is 11.1. The van der Waals surface area contributed by atoms with Crippen LogP contribution < -0.4 is 9.47 Å².